The quantitative estimate of drug-likeness (QED) is 0.684. The minimum atomic E-state index is -0.416. The molecule has 0 aromatic carbocycles. The van der Waals surface area contributed by atoms with Crippen molar-refractivity contribution in [1.82, 2.24) is 14.9 Å². The van der Waals surface area contributed by atoms with Gasteiger partial charge in [0.15, 0.2) is 0 Å². The number of rotatable bonds is 0. The van der Waals surface area contributed by atoms with E-state index in [0.29, 0.717) is 5.65 Å². The van der Waals surface area contributed by atoms with Crippen molar-refractivity contribution in [3.8, 4) is 0 Å². The maximum atomic E-state index is 13.0. The molecule has 0 atom stereocenters. The monoisotopic (exact) mass is 219 g/mol. The van der Waals surface area contributed by atoms with Crippen molar-refractivity contribution in [3.05, 3.63) is 29.3 Å². The van der Waals surface area contributed by atoms with Gasteiger partial charge in [0.25, 0.3) is 0 Å². The summed E-state index contributed by atoms with van der Waals surface area (Å²) in [6, 6.07) is 3.27. The Morgan fingerprint density at radius 3 is 3.00 bits per heavy atom. The molecule has 0 radical (unpaired) electrons. The second-order valence-electron chi connectivity index (χ2n) is 4.42. The highest BCUT2D eigenvalue weighted by atomic mass is 19.1. The summed E-state index contributed by atoms with van der Waals surface area (Å²) < 4.78 is 13.0. The minimum absolute atomic E-state index is 0.416. The van der Waals surface area contributed by atoms with Crippen molar-refractivity contribution >= 4 is 11.0 Å². The fourth-order valence-corrected chi connectivity index (χ4v) is 2.37. The van der Waals surface area contributed by atoms with Gasteiger partial charge in [0.1, 0.15) is 5.65 Å². The van der Waals surface area contributed by atoms with Crippen LogP contribution in [0.1, 0.15) is 11.3 Å². The normalized spacial score (nSPS) is 17.4. The van der Waals surface area contributed by atoms with Crippen LogP contribution in [0.25, 0.3) is 11.0 Å². The molecule has 16 heavy (non-hydrogen) atoms. The summed E-state index contributed by atoms with van der Waals surface area (Å²) >= 11 is 0. The van der Waals surface area contributed by atoms with Crippen molar-refractivity contribution < 1.29 is 4.39 Å². The van der Waals surface area contributed by atoms with Gasteiger partial charge in [-0.15, -0.1) is 0 Å². The van der Waals surface area contributed by atoms with Crippen LogP contribution in [0.5, 0.6) is 0 Å². The number of aromatic nitrogens is 2. The van der Waals surface area contributed by atoms with Crippen molar-refractivity contribution in [2.75, 3.05) is 20.1 Å². The van der Waals surface area contributed by atoms with Crippen molar-refractivity contribution in [1.29, 1.82) is 0 Å². The predicted molar refractivity (Wildman–Crippen MR) is 61.0 cm³/mol. The molecule has 2 aromatic rings. The molecule has 0 fully saturated rings. The highest BCUT2D eigenvalue weighted by Gasteiger charge is 2.16. The van der Waals surface area contributed by atoms with Gasteiger partial charge in [-0.1, -0.05) is 0 Å². The number of H-pyrrole nitrogens is 1. The molecule has 3 heterocycles. The fraction of sp³-hybridized carbons (Fsp3) is 0.417. The third-order valence-corrected chi connectivity index (χ3v) is 3.31. The van der Waals surface area contributed by atoms with E-state index in [1.54, 1.807) is 0 Å². The van der Waals surface area contributed by atoms with E-state index in [0.717, 1.165) is 31.3 Å². The second-order valence-corrected chi connectivity index (χ2v) is 4.42. The van der Waals surface area contributed by atoms with Gasteiger partial charge in [-0.25, -0.2) is 4.98 Å². The number of nitrogens with zero attached hydrogens (tertiary/aromatic N) is 2. The average Bonchev–Trinajstić information content (AvgIpc) is 2.50. The Bertz CT molecular complexity index is 532. The van der Waals surface area contributed by atoms with Crippen LogP contribution in [0.4, 0.5) is 4.39 Å². The zero-order chi connectivity index (χ0) is 11.1. The molecule has 84 valence electrons. The molecule has 1 aliphatic heterocycles. The summed E-state index contributed by atoms with van der Waals surface area (Å²) in [6.07, 6.45) is 2.00. The molecule has 0 spiro atoms. The molecule has 2 aromatic heterocycles. The Morgan fingerprint density at radius 2 is 2.12 bits per heavy atom. The van der Waals surface area contributed by atoms with E-state index < -0.39 is 5.95 Å². The lowest BCUT2D eigenvalue weighted by Gasteiger charge is -2.11. The largest absolute Gasteiger partial charge is 0.343 e. The molecule has 4 heteroatoms. The molecule has 1 N–H and O–H groups in total. The van der Waals surface area contributed by atoms with Crippen LogP contribution in [0, 0.1) is 5.95 Å². The topological polar surface area (TPSA) is 31.9 Å². The van der Waals surface area contributed by atoms with E-state index in [4.69, 9.17) is 0 Å². The van der Waals surface area contributed by atoms with E-state index in [1.807, 2.05) is 6.07 Å². The van der Waals surface area contributed by atoms with Crippen molar-refractivity contribution in [2.24, 2.45) is 0 Å². The Labute approximate surface area is 93.3 Å². The van der Waals surface area contributed by atoms with Crippen molar-refractivity contribution in [2.45, 2.75) is 12.8 Å². The summed E-state index contributed by atoms with van der Waals surface area (Å²) in [5, 5.41) is 1.08. The molecule has 0 unspecified atom stereocenters. The van der Waals surface area contributed by atoms with Gasteiger partial charge >= 0.3 is 0 Å². The van der Waals surface area contributed by atoms with E-state index in [2.05, 4.69) is 21.9 Å². The molecular weight excluding hydrogens is 205 g/mol. The first-order valence-corrected chi connectivity index (χ1v) is 5.58. The van der Waals surface area contributed by atoms with Crippen molar-refractivity contribution in [3.63, 3.8) is 0 Å². The number of aromatic amines is 1. The van der Waals surface area contributed by atoms with Gasteiger partial charge < -0.3 is 9.88 Å². The molecule has 0 amide bonds. The molecule has 0 saturated heterocycles. The SMILES string of the molecule is CN1CCc2[nH]c3nc(F)ccc3c2CC1. The summed E-state index contributed by atoms with van der Waals surface area (Å²) in [7, 11) is 2.13. The van der Waals surface area contributed by atoms with E-state index in [9.17, 15) is 4.39 Å². The van der Waals surface area contributed by atoms with Crippen LogP contribution in [0.2, 0.25) is 0 Å². The molecule has 0 aliphatic carbocycles. The highest BCUT2D eigenvalue weighted by Crippen LogP contribution is 2.24. The molecular formula is C12H14FN3. The third kappa shape index (κ3) is 1.50. The van der Waals surface area contributed by atoms with Gasteiger partial charge in [0, 0.05) is 30.6 Å². The van der Waals surface area contributed by atoms with E-state index in [-0.39, 0.29) is 0 Å². The van der Waals surface area contributed by atoms with Crippen LogP contribution < -0.4 is 0 Å². The highest BCUT2D eigenvalue weighted by molar-refractivity contribution is 5.81. The van der Waals surface area contributed by atoms with E-state index in [1.165, 1.54) is 17.3 Å². The first kappa shape index (κ1) is 9.78. The number of fused-ring (bicyclic) bond motifs is 3. The number of likely N-dealkylation sites (N-methyl/N-ethyl adjacent to an activating group) is 1. The molecule has 0 bridgehead atoms. The lowest BCUT2D eigenvalue weighted by Crippen LogP contribution is -2.21. The lowest BCUT2D eigenvalue weighted by atomic mass is 10.1. The first-order chi connectivity index (χ1) is 7.74. The average molecular weight is 219 g/mol. The Balaban J connectivity index is 2.15. The van der Waals surface area contributed by atoms with E-state index >= 15 is 0 Å². The molecule has 3 rings (SSSR count). The van der Waals surface area contributed by atoms with Crippen LogP contribution >= 0.6 is 0 Å². The molecule has 3 nitrogen and oxygen atoms in total. The number of pyridine rings is 1. The van der Waals surface area contributed by atoms with Crippen LogP contribution in [0.3, 0.4) is 0 Å². The summed E-state index contributed by atoms with van der Waals surface area (Å²) in [6.45, 7) is 2.10. The van der Waals surface area contributed by atoms with Gasteiger partial charge in [0.05, 0.1) is 0 Å². The third-order valence-electron chi connectivity index (χ3n) is 3.31. The summed E-state index contributed by atoms with van der Waals surface area (Å²) in [5.41, 5.74) is 3.22. The molecule has 1 aliphatic rings. The van der Waals surface area contributed by atoms with Gasteiger partial charge in [-0.2, -0.15) is 4.39 Å². The lowest BCUT2D eigenvalue weighted by molar-refractivity contribution is 0.352. The number of halogens is 1. The Hall–Kier alpha value is -1.42. The summed E-state index contributed by atoms with van der Waals surface area (Å²) in [4.78, 5) is 9.45. The second kappa shape index (κ2) is 3.56. The summed E-state index contributed by atoms with van der Waals surface area (Å²) in [5.74, 6) is -0.416. The number of hydrogen-bond acceptors (Lipinski definition) is 2. The van der Waals surface area contributed by atoms with Gasteiger partial charge in [-0.3, -0.25) is 0 Å². The zero-order valence-electron chi connectivity index (χ0n) is 9.26. The van der Waals surface area contributed by atoms with Crippen LogP contribution in [-0.4, -0.2) is 35.0 Å². The van der Waals surface area contributed by atoms with Gasteiger partial charge in [0.2, 0.25) is 5.95 Å². The smallest absolute Gasteiger partial charge is 0.214 e. The number of nitrogens with one attached hydrogen (secondary N) is 1. The molecule has 0 saturated carbocycles. The first-order valence-electron chi connectivity index (χ1n) is 5.58. The number of hydrogen-bond donors (Lipinski definition) is 1. The van der Waals surface area contributed by atoms with Gasteiger partial charge in [-0.05, 0) is 31.2 Å². The Kier molecular flexibility index (Phi) is 2.17. The maximum absolute atomic E-state index is 13.0. The fourth-order valence-electron chi connectivity index (χ4n) is 2.37. The predicted octanol–water partition coefficient (Wildman–Crippen LogP) is 1.73. The zero-order valence-corrected chi connectivity index (χ0v) is 9.26. The Morgan fingerprint density at radius 1 is 1.31 bits per heavy atom. The minimum Gasteiger partial charge on any atom is -0.343 e. The standard InChI is InChI=1S/C12H14FN3/c1-16-6-4-8-9-2-3-11(13)15-12(9)14-10(8)5-7-16/h2-3H,4-7H2,1H3,(H,14,15). The van der Waals surface area contributed by atoms with Crippen LogP contribution in [-0.2, 0) is 12.8 Å². The maximum Gasteiger partial charge on any atom is 0.214 e. The van der Waals surface area contributed by atoms with Crippen LogP contribution in [0.15, 0.2) is 12.1 Å².